The molecular weight excluding hydrogens is 356 g/mol. The van der Waals surface area contributed by atoms with Crippen molar-refractivity contribution in [3.8, 4) is 0 Å². The second-order valence-corrected chi connectivity index (χ2v) is 4.81. The highest BCUT2D eigenvalue weighted by atomic mass is 16.5. The van der Waals surface area contributed by atoms with Crippen molar-refractivity contribution in [3.63, 3.8) is 0 Å². The molecule has 0 amide bonds. The van der Waals surface area contributed by atoms with Crippen LogP contribution in [0.15, 0.2) is 49.6 Å². The predicted molar refractivity (Wildman–Crippen MR) is 101 cm³/mol. The summed E-state index contributed by atoms with van der Waals surface area (Å²) in [6.45, 7) is 16.7. The van der Waals surface area contributed by atoms with Gasteiger partial charge < -0.3 is 19.3 Å². The normalized spacial score (nSPS) is 8.26. The van der Waals surface area contributed by atoms with Crippen LogP contribution in [-0.4, -0.2) is 49.3 Å². The third kappa shape index (κ3) is 25.2. The zero-order valence-corrected chi connectivity index (χ0v) is 16.1. The molecule has 152 valence electrons. The number of carbonyl (C=O) groups excluding carboxylic acids is 3. The number of hydrogen-bond donors (Lipinski definition) is 1. The molecule has 0 unspecified atom stereocenters. The second kappa shape index (κ2) is 19.2. The molecule has 27 heavy (non-hydrogen) atoms. The molecule has 0 aromatic heterocycles. The third-order valence-corrected chi connectivity index (χ3v) is 2.26. The highest BCUT2D eigenvalue weighted by Crippen LogP contribution is 1.93. The molecule has 0 spiro atoms. The van der Waals surface area contributed by atoms with Crippen LogP contribution in [0.2, 0.25) is 0 Å². The maximum atomic E-state index is 10.6. The Balaban J connectivity index is -0.000000369. The van der Waals surface area contributed by atoms with E-state index in [1.54, 1.807) is 6.92 Å². The zero-order valence-electron chi connectivity index (χ0n) is 16.1. The van der Waals surface area contributed by atoms with Gasteiger partial charge in [-0.05, 0) is 26.7 Å². The Morgan fingerprint density at radius 3 is 1.33 bits per heavy atom. The molecule has 0 aliphatic heterocycles. The van der Waals surface area contributed by atoms with Crippen molar-refractivity contribution in [2.45, 2.75) is 26.7 Å². The SMILES string of the molecule is C=C(C)C(=O)O.C=C(C)C(=O)OC.C=CC(=O)OCCCCOC(=O)C=C. The van der Waals surface area contributed by atoms with E-state index in [2.05, 4.69) is 31.1 Å². The molecule has 0 fully saturated rings. The number of hydrogen-bond acceptors (Lipinski definition) is 7. The number of rotatable bonds is 9. The minimum atomic E-state index is -0.935. The second-order valence-electron chi connectivity index (χ2n) is 4.81. The van der Waals surface area contributed by atoms with Gasteiger partial charge in [-0.15, -0.1) is 0 Å². The van der Waals surface area contributed by atoms with Gasteiger partial charge in [0, 0.05) is 23.3 Å². The topological polar surface area (TPSA) is 116 Å². The maximum absolute atomic E-state index is 10.6. The van der Waals surface area contributed by atoms with Crippen LogP contribution in [0.4, 0.5) is 0 Å². The number of ether oxygens (including phenoxy) is 3. The minimum absolute atomic E-state index is 0.176. The van der Waals surface area contributed by atoms with Gasteiger partial charge in [-0.1, -0.05) is 26.3 Å². The average Bonchev–Trinajstić information content (AvgIpc) is 2.63. The van der Waals surface area contributed by atoms with Crippen molar-refractivity contribution in [1.82, 2.24) is 0 Å². The zero-order chi connectivity index (χ0) is 21.8. The molecular formula is C19H28O8. The van der Waals surface area contributed by atoms with Crippen LogP contribution in [0, 0.1) is 0 Å². The van der Waals surface area contributed by atoms with Gasteiger partial charge in [0.05, 0.1) is 20.3 Å². The van der Waals surface area contributed by atoms with Gasteiger partial charge in [-0.25, -0.2) is 19.2 Å². The molecule has 0 rings (SSSR count). The molecule has 0 aromatic carbocycles. The number of aliphatic carboxylic acids is 1. The van der Waals surface area contributed by atoms with Gasteiger partial charge in [0.25, 0.3) is 0 Å². The Bertz CT molecular complexity index is 510. The van der Waals surface area contributed by atoms with E-state index in [0.717, 1.165) is 12.2 Å². The molecule has 0 atom stereocenters. The molecule has 8 nitrogen and oxygen atoms in total. The Morgan fingerprint density at radius 1 is 0.852 bits per heavy atom. The van der Waals surface area contributed by atoms with E-state index in [9.17, 15) is 19.2 Å². The van der Waals surface area contributed by atoms with E-state index in [0.29, 0.717) is 31.6 Å². The van der Waals surface area contributed by atoms with Gasteiger partial charge >= 0.3 is 23.9 Å². The lowest BCUT2D eigenvalue weighted by Gasteiger charge is -2.02. The third-order valence-electron chi connectivity index (χ3n) is 2.26. The van der Waals surface area contributed by atoms with Crippen LogP contribution in [0.5, 0.6) is 0 Å². The van der Waals surface area contributed by atoms with Gasteiger partial charge in [0.1, 0.15) is 0 Å². The summed E-state index contributed by atoms with van der Waals surface area (Å²) in [6.07, 6.45) is 3.53. The maximum Gasteiger partial charge on any atom is 0.332 e. The first-order chi connectivity index (χ1) is 12.5. The summed E-state index contributed by atoms with van der Waals surface area (Å²) in [7, 11) is 1.33. The minimum Gasteiger partial charge on any atom is -0.478 e. The van der Waals surface area contributed by atoms with Gasteiger partial charge in [-0.3, -0.25) is 0 Å². The highest BCUT2D eigenvalue weighted by molar-refractivity contribution is 5.86. The van der Waals surface area contributed by atoms with Crippen molar-refractivity contribution in [3.05, 3.63) is 49.6 Å². The van der Waals surface area contributed by atoms with Gasteiger partial charge in [0.15, 0.2) is 0 Å². The van der Waals surface area contributed by atoms with E-state index < -0.39 is 17.9 Å². The standard InChI is InChI=1S/C10H14O4.C5H8O2.C4H6O2/c1-3-9(11)13-7-5-6-8-14-10(12)4-2;1-4(2)5(6)7-3;1-3(2)4(5)6/h3-4H,1-2,5-8H2;1H2,2-3H3;1H2,2H3,(H,5,6). The Hall–Kier alpha value is -3.16. The van der Waals surface area contributed by atoms with Crippen LogP contribution in [0.25, 0.3) is 0 Å². The highest BCUT2D eigenvalue weighted by Gasteiger charge is 1.97. The van der Waals surface area contributed by atoms with E-state index in [-0.39, 0.29) is 11.5 Å². The molecule has 0 radical (unpaired) electrons. The lowest BCUT2D eigenvalue weighted by Crippen LogP contribution is -2.05. The lowest BCUT2D eigenvalue weighted by molar-refractivity contribution is -0.140. The summed E-state index contributed by atoms with van der Waals surface area (Å²) in [5, 5.41) is 7.89. The number of methoxy groups -OCH3 is 1. The lowest BCUT2D eigenvalue weighted by atomic mass is 10.3. The smallest absolute Gasteiger partial charge is 0.332 e. The van der Waals surface area contributed by atoms with Crippen LogP contribution in [0.3, 0.4) is 0 Å². The molecule has 0 heterocycles. The summed E-state index contributed by atoms with van der Waals surface area (Å²) in [5.41, 5.74) is 0.609. The quantitative estimate of drug-likeness (QED) is 0.279. The molecule has 0 saturated carbocycles. The molecule has 0 saturated heterocycles. The first-order valence-corrected chi connectivity index (χ1v) is 7.74. The number of carboxylic acids is 1. The van der Waals surface area contributed by atoms with Crippen LogP contribution in [-0.2, 0) is 33.4 Å². The van der Waals surface area contributed by atoms with Crippen LogP contribution in [0.1, 0.15) is 26.7 Å². The fourth-order valence-electron chi connectivity index (χ4n) is 0.842. The van der Waals surface area contributed by atoms with Crippen LogP contribution >= 0.6 is 0 Å². The largest absolute Gasteiger partial charge is 0.478 e. The predicted octanol–water partition coefficient (Wildman–Crippen LogP) is 2.61. The fraction of sp³-hybridized carbons (Fsp3) is 0.368. The number of esters is 3. The van der Waals surface area contributed by atoms with E-state index in [1.807, 2.05) is 0 Å². The van der Waals surface area contributed by atoms with Crippen LogP contribution < -0.4 is 0 Å². The van der Waals surface area contributed by atoms with Gasteiger partial charge in [0.2, 0.25) is 0 Å². The summed E-state index contributed by atoms with van der Waals surface area (Å²) in [5.74, 6) is -2.16. The number of carbonyl (C=O) groups is 4. The van der Waals surface area contributed by atoms with E-state index >= 15 is 0 Å². The summed E-state index contributed by atoms with van der Waals surface area (Å²) in [4.78, 5) is 40.9. The van der Waals surface area contributed by atoms with Crippen molar-refractivity contribution in [1.29, 1.82) is 0 Å². The Kier molecular flexibility index (Phi) is 20.3. The fourth-order valence-corrected chi connectivity index (χ4v) is 0.842. The summed E-state index contributed by atoms with van der Waals surface area (Å²) >= 11 is 0. The van der Waals surface area contributed by atoms with Crippen molar-refractivity contribution < 1.29 is 38.5 Å². The molecule has 0 aliphatic carbocycles. The number of unbranched alkanes of at least 4 members (excludes halogenated alkanes) is 1. The molecule has 1 N–H and O–H groups in total. The van der Waals surface area contributed by atoms with Gasteiger partial charge in [-0.2, -0.15) is 0 Å². The number of carboxylic acid groups (broad SMARTS) is 1. The summed E-state index contributed by atoms with van der Waals surface area (Å²) in [6, 6.07) is 0. The van der Waals surface area contributed by atoms with Crippen molar-refractivity contribution in [2.75, 3.05) is 20.3 Å². The first-order valence-electron chi connectivity index (χ1n) is 7.74. The monoisotopic (exact) mass is 384 g/mol. The molecule has 8 heteroatoms. The summed E-state index contributed by atoms with van der Waals surface area (Å²) < 4.78 is 13.7. The van der Waals surface area contributed by atoms with Crippen molar-refractivity contribution >= 4 is 23.9 Å². The van der Waals surface area contributed by atoms with Crippen molar-refractivity contribution in [2.24, 2.45) is 0 Å². The Morgan fingerprint density at radius 2 is 1.19 bits per heavy atom. The Labute approximate surface area is 159 Å². The first kappa shape index (κ1) is 28.6. The van der Waals surface area contributed by atoms with E-state index in [1.165, 1.54) is 14.0 Å². The molecule has 0 aromatic rings. The molecule has 0 bridgehead atoms. The van der Waals surface area contributed by atoms with E-state index in [4.69, 9.17) is 14.6 Å². The average molecular weight is 384 g/mol. The molecule has 0 aliphatic rings.